The molecule has 1 amide bonds. The van der Waals surface area contributed by atoms with Crippen LogP contribution in [-0.2, 0) is 4.79 Å². The molecule has 0 aromatic carbocycles. The van der Waals surface area contributed by atoms with Gasteiger partial charge < -0.3 is 4.42 Å². The van der Waals surface area contributed by atoms with E-state index < -0.39 is 0 Å². The minimum atomic E-state index is -0.0422. The molecule has 0 aliphatic carbocycles. The third-order valence-electron chi connectivity index (χ3n) is 2.99. The van der Waals surface area contributed by atoms with Crippen molar-refractivity contribution >= 4 is 12.1 Å². The molecule has 0 atom stereocenters. The molecule has 0 spiro atoms. The molecule has 0 saturated heterocycles. The van der Waals surface area contributed by atoms with E-state index in [2.05, 4.69) is 17.1 Å². The zero-order valence-corrected chi connectivity index (χ0v) is 12.0. The monoisotopic (exact) mass is 276 g/mol. The van der Waals surface area contributed by atoms with Crippen molar-refractivity contribution in [3.8, 4) is 0 Å². The second-order valence-corrected chi connectivity index (χ2v) is 4.76. The van der Waals surface area contributed by atoms with E-state index in [4.69, 9.17) is 4.42 Å². The molecule has 0 radical (unpaired) electrons. The van der Waals surface area contributed by atoms with Crippen LogP contribution in [0.1, 0.15) is 57.1 Å². The standard InChI is InChI=1S/C16H24N2O2/c1-2-3-4-5-6-7-8-9-12-16(19)18-17-14-15-11-10-13-20-15/h2,10-11,13-14H,1,3-9,12H2,(H,18,19)/b17-14+. The lowest BCUT2D eigenvalue weighted by Crippen LogP contribution is -2.16. The summed E-state index contributed by atoms with van der Waals surface area (Å²) < 4.78 is 5.06. The van der Waals surface area contributed by atoms with Crippen molar-refractivity contribution in [2.24, 2.45) is 5.10 Å². The quantitative estimate of drug-likeness (QED) is 0.287. The van der Waals surface area contributed by atoms with Gasteiger partial charge in [0.25, 0.3) is 0 Å². The highest BCUT2D eigenvalue weighted by Gasteiger charge is 1.99. The molecule has 1 aromatic rings. The highest BCUT2D eigenvalue weighted by atomic mass is 16.3. The summed E-state index contributed by atoms with van der Waals surface area (Å²) in [4.78, 5) is 11.5. The molecule has 1 N–H and O–H groups in total. The summed E-state index contributed by atoms with van der Waals surface area (Å²) in [5.41, 5.74) is 2.50. The zero-order valence-electron chi connectivity index (χ0n) is 12.0. The lowest BCUT2D eigenvalue weighted by molar-refractivity contribution is -0.121. The first-order chi connectivity index (χ1) is 9.83. The van der Waals surface area contributed by atoms with Crippen LogP contribution < -0.4 is 5.43 Å². The van der Waals surface area contributed by atoms with Crippen LogP contribution >= 0.6 is 0 Å². The second kappa shape index (κ2) is 11.0. The SMILES string of the molecule is C=CCCCCCCCCC(=O)N/N=C/c1ccco1. The smallest absolute Gasteiger partial charge is 0.240 e. The maximum Gasteiger partial charge on any atom is 0.240 e. The first-order valence-electron chi connectivity index (χ1n) is 7.29. The maximum absolute atomic E-state index is 11.5. The number of rotatable bonds is 11. The van der Waals surface area contributed by atoms with Crippen LogP contribution in [0, 0.1) is 0 Å². The number of unbranched alkanes of at least 4 members (excludes halogenated alkanes) is 6. The van der Waals surface area contributed by atoms with Crippen molar-refractivity contribution in [3.63, 3.8) is 0 Å². The van der Waals surface area contributed by atoms with Crippen LogP contribution in [0.15, 0.2) is 40.6 Å². The summed E-state index contributed by atoms with van der Waals surface area (Å²) in [6.45, 7) is 3.71. The van der Waals surface area contributed by atoms with E-state index in [0.29, 0.717) is 12.2 Å². The van der Waals surface area contributed by atoms with E-state index in [1.807, 2.05) is 6.08 Å². The van der Waals surface area contributed by atoms with Gasteiger partial charge in [0.15, 0.2) is 0 Å². The fourth-order valence-electron chi connectivity index (χ4n) is 1.87. The number of nitrogens with one attached hydrogen (secondary N) is 1. The summed E-state index contributed by atoms with van der Waals surface area (Å²) in [6.07, 6.45) is 13.6. The number of carbonyl (C=O) groups is 1. The Morgan fingerprint density at radius 2 is 2.00 bits per heavy atom. The fourth-order valence-corrected chi connectivity index (χ4v) is 1.87. The Hall–Kier alpha value is -1.84. The van der Waals surface area contributed by atoms with E-state index >= 15 is 0 Å². The van der Waals surface area contributed by atoms with Crippen molar-refractivity contribution < 1.29 is 9.21 Å². The normalized spacial score (nSPS) is 10.8. The van der Waals surface area contributed by atoms with Crippen LogP contribution in [0.2, 0.25) is 0 Å². The Morgan fingerprint density at radius 3 is 2.70 bits per heavy atom. The molecular formula is C16H24N2O2. The lowest BCUT2D eigenvalue weighted by Gasteiger charge is -2.01. The summed E-state index contributed by atoms with van der Waals surface area (Å²) in [7, 11) is 0. The van der Waals surface area contributed by atoms with E-state index in [1.165, 1.54) is 31.9 Å². The van der Waals surface area contributed by atoms with Gasteiger partial charge in [-0.3, -0.25) is 4.79 Å². The van der Waals surface area contributed by atoms with Gasteiger partial charge in [-0.05, 0) is 31.4 Å². The number of nitrogens with zero attached hydrogens (tertiary/aromatic N) is 1. The molecule has 1 aromatic heterocycles. The Balaban J connectivity index is 1.94. The Morgan fingerprint density at radius 1 is 1.25 bits per heavy atom. The molecule has 0 aliphatic heterocycles. The molecule has 1 heterocycles. The average Bonchev–Trinajstić information content (AvgIpc) is 2.95. The Kier molecular flexibility index (Phi) is 8.94. The van der Waals surface area contributed by atoms with Gasteiger partial charge in [-0.15, -0.1) is 6.58 Å². The van der Waals surface area contributed by atoms with E-state index in [9.17, 15) is 4.79 Å². The molecule has 0 aliphatic rings. The van der Waals surface area contributed by atoms with E-state index in [0.717, 1.165) is 19.3 Å². The van der Waals surface area contributed by atoms with Gasteiger partial charge in [-0.1, -0.05) is 31.8 Å². The highest BCUT2D eigenvalue weighted by Crippen LogP contribution is 2.08. The third kappa shape index (κ3) is 8.29. The van der Waals surface area contributed by atoms with Crippen molar-refractivity contribution in [3.05, 3.63) is 36.8 Å². The van der Waals surface area contributed by atoms with E-state index in [-0.39, 0.29) is 5.91 Å². The summed E-state index contributed by atoms with van der Waals surface area (Å²) in [5, 5.41) is 3.83. The maximum atomic E-state index is 11.5. The van der Waals surface area contributed by atoms with Gasteiger partial charge >= 0.3 is 0 Å². The number of allylic oxidation sites excluding steroid dienone is 1. The van der Waals surface area contributed by atoms with Crippen LogP contribution in [0.5, 0.6) is 0 Å². The van der Waals surface area contributed by atoms with Crippen LogP contribution in [0.25, 0.3) is 0 Å². The molecule has 0 unspecified atom stereocenters. The number of amides is 1. The topological polar surface area (TPSA) is 54.6 Å². The van der Waals surface area contributed by atoms with Crippen molar-refractivity contribution in [1.29, 1.82) is 0 Å². The predicted octanol–water partition coefficient (Wildman–Crippen LogP) is 4.04. The molecule has 0 fully saturated rings. The first-order valence-corrected chi connectivity index (χ1v) is 7.29. The molecule has 0 saturated carbocycles. The summed E-state index contributed by atoms with van der Waals surface area (Å²) in [5.74, 6) is 0.587. The number of hydrogen-bond donors (Lipinski definition) is 1. The van der Waals surface area contributed by atoms with Gasteiger partial charge in [0.05, 0.1) is 12.5 Å². The minimum Gasteiger partial charge on any atom is -0.463 e. The molecule has 1 rings (SSSR count). The molecule has 110 valence electrons. The molecule has 4 heteroatoms. The summed E-state index contributed by atoms with van der Waals surface area (Å²) in [6, 6.07) is 3.56. The second-order valence-electron chi connectivity index (χ2n) is 4.76. The van der Waals surface area contributed by atoms with Gasteiger partial charge in [-0.2, -0.15) is 5.10 Å². The summed E-state index contributed by atoms with van der Waals surface area (Å²) >= 11 is 0. The molecule has 20 heavy (non-hydrogen) atoms. The average molecular weight is 276 g/mol. The lowest BCUT2D eigenvalue weighted by atomic mass is 10.1. The van der Waals surface area contributed by atoms with Crippen LogP contribution in [0.3, 0.4) is 0 Å². The Bertz CT molecular complexity index is 397. The fraction of sp³-hybridized carbons (Fsp3) is 0.500. The molecular weight excluding hydrogens is 252 g/mol. The largest absolute Gasteiger partial charge is 0.463 e. The van der Waals surface area contributed by atoms with Gasteiger partial charge in [0.2, 0.25) is 5.91 Å². The van der Waals surface area contributed by atoms with Gasteiger partial charge in [0.1, 0.15) is 5.76 Å². The predicted molar refractivity (Wildman–Crippen MR) is 81.6 cm³/mol. The first kappa shape index (κ1) is 16.2. The number of furan rings is 1. The van der Waals surface area contributed by atoms with Gasteiger partial charge in [0, 0.05) is 6.42 Å². The number of carbonyl (C=O) groups excluding carboxylic acids is 1. The van der Waals surface area contributed by atoms with Crippen LogP contribution in [-0.4, -0.2) is 12.1 Å². The van der Waals surface area contributed by atoms with Crippen molar-refractivity contribution in [1.82, 2.24) is 5.43 Å². The van der Waals surface area contributed by atoms with Gasteiger partial charge in [-0.25, -0.2) is 5.43 Å². The number of hydrogen-bond acceptors (Lipinski definition) is 3. The van der Waals surface area contributed by atoms with Crippen LogP contribution in [0.4, 0.5) is 0 Å². The number of hydrazone groups is 1. The Labute approximate surface area is 120 Å². The zero-order chi connectivity index (χ0) is 14.5. The third-order valence-corrected chi connectivity index (χ3v) is 2.99. The van der Waals surface area contributed by atoms with Crippen molar-refractivity contribution in [2.45, 2.75) is 51.4 Å². The van der Waals surface area contributed by atoms with E-state index in [1.54, 1.807) is 18.4 Å². The minimum absolute atomic E-state index is 0.0422. The highest BCUT2D eigenvalue weighted by molar-refractivity contribution is 5.80. The molecule has 4 nitrogen and oxygen atoms in total. The van der Waals surface area contributed by atoms with Crippen molar-refractivity contribution in [2.75, 3.05) is 0 Å². The molecule has 0 bridgehead atoms.